The summed E-state index contributed by atoms with van der Waals surface area (Å²) >= 11 is 0. The highest BCUT2D eigenvalue weighted by Crippen LogP contribution is 2.41. The second kappa shape index (κ2) is 14.9. The van der Waals surface area contributed by atoms with Crippen molar-refractivity contribution in [3.8, 4) is 34.3 Å². The van der Waals surface area contributed by atoms with E-state index in [1.165, 1.54) is 32.3 Å². The van der Waals surface area contributed by atoms with Crippen LogP contribution >= 0.6 is 0 Å². The van der Waals surface area contributed by atoms with Crippen LogP contribution in [0.3, 0.4) is 0 Å². The fraction of sp³-hybridized carbons (Fsp3) is 0.0526. The number of hydrogen-bond donors (Lipinski definition) is 0. The second-order valence-electron chi connectivity index (χ2n) is 16.1. The normalized spacial score (nSPS) is 11.7. The zero-order valence-corrected chi connectivity index (χ0v) is 35.6. The van der Waals surface area contributed by atoms with E-state index in [4.69, 9.17) is 14.2 Å². The van der Waals surface area contributed by atoms with Gasteiger partial charge in [-0.3, -0.25) is 0 Å². The topological polar surface area (TPSA) is 45.7 Å². The minimum Gasteiger partial charge on any atom is -0.497 e. The van der Waals surface area contributed by atoms with E-state index in [1.807, 2.05) is 18.2 Å². The average molecular weight is 831 g/mol. The van der Waals surface area contributed by atoms with Crippen molar-refractivity contribution in [1.82, 2.24) is 13.7 Å². The first-order valence-corrected chi connectivity index (χ1v) is 21.4. The van der Waals surface area contributed by atoms with Crippen molar-refractivity contribution >= 4 is 82.5 Å². The largest absolute Gasteiger partial charge is 0.497 e. The van der Waals surface area contributed by atoms with Gasteiger partial charge in [0.25, 0.3) is 0 Å². The van der Waals surface area contributed by atoms with Crippen LogP contribution in [0.15, 0.2) is 200 Å². The molecule has 64 heavy (non-hydrogen) atoms. The summed E-state index contributed by atoms with van der Waals surface area (Å²) in [5.41, 5.74) is 13.0. The molecule has 7 nitrogen and oxygen atoms in total. The van der Waals surface area contributed by atoms with Crippen LogP contribution in [0, 0.1) is 0 Å². The SMILES string of the molecule is COc1ccc2c3ccccc3n(-c3ccc(N(c4ccc(-n5c6ccccc6c6ccc(OC)cc65)cc4)c4ccc(-n5c6ccccc6c6ccc(OC)cc65)cc4)cc3)c2c1. The van der Waals surface area contributed by atoms with Gasteiger partial charge in [0.2, 0.25) is 0 Å². The number of methoxy groups -OCH3 is 3. The smallest absolute Gasteiger partial charge is 0.120 e. The molecule has 7 heteroatoms. The van der Waals surface area contributed by atoms with Gasteiger partial charge in [-0.15, -0.1) is 0 Å². The number of nitrogens with zero attached hydrogens (tertiary/aromatic N) is 4. The summed E-state index contributed by atoms with van der Waals surface area (Å²) in [5.74, 6) is 2.48. The molecule has 0 spiro atoms. The van der Waals surface area contributed by atoms with Gasteiger partial charge in [-0.05, 0) is 127 Å². The zero-order valence-electron chi connectivity index (χ0n) is 35.6. The first-order chi connectivity index (χ1) is 31.6. The van der Waals surface area contributed by atoms with Crippen molar-refractivity contribution in [2.45, 2.75) is 0 Å². The highest BCUT2D eigenvalue weighted by molar-refractivity contribution is 6.11. The maximum atomic E-state index is 5.69. The minimum absolute atomic E-state index is 0.825. The predicted octanol–water partition coefficient (Wildman–Crippen LogP) is 14.5. The molecule has 0 N–H and O–H groups in total. The average Bonchev–Trinajstić information content (AvgIpc) is 3.99. The molecule has 12 aromatic rings. The lowest BCUT2D eigenvalue weighted by Crippen LogP contribution is -2.10. The van der Waals surface area contributed by atoms with Crippen molar-refractivity contribution in [3.63, 3.8) is 0 Å². The molecule has 0 amide bonds. The third-order valence-corrected chi connectivity index (χ3v) is 12.7. The number of hydrogen-bond acceptors (Lipinski definition) is 4. The number of para-hydroxylation sites is 3. The van der Waals surface area contributed by atoms with Gasteiger partial charge in [0.1, 0.15) is 17.2 Å². The van der Waals surface area contributed by atoms with Crippen molar-refractivity contribution < 1.29 is 14.2 Å². The Balaban J connectivity index is 1.00. The van der Waals surface area contributed by atoms with Crippen LogP contribution in [0.25, 0.3) is 82.5 Å². The van der Waals surface area contributed by atoms with Crippen molar-refractivity contribution in [2.24, 2.45) is 0 Å². The monoisotopic (exact) mass is 830 g/mol. The van der Waals surface area contributed by atoms with E-state index >= 15 is 0 Å². The van der Waals surface area contributed by atoms with Crippen molar-refractivity contribution in [3.05, 3.63) is 200 Å². The molecule has 3 heterocycles. The fourth-order valence-corrected chi connectivity index (χ4v) is 9.77. The molecule has 0 aliphatic rings. The Morgan fingerprint density at radius 1 is 0.281 bits per heavy atom. The van der Waals surface area contributed by atoms with Gasteiger partial charge in [-0.1, -0.05) is 54.6 Å². The quantitative estimate of drug-likeness (QED) is 0.145. The molecule has 0 bridgehead atoms. The molecule has 0 saturated heterocycles. The zero-order chi connectivity index (χ0) is 42.9. The molecular weight excluding hydrogens is 789 g/mol. The van der Waals surface area contributed by atoms with Crippen LogP contribution in [-0.2, 0) is 0 Å². The summed E-state index contributed by atoms with van der Waals surface area (Å²) in [7, 11) is 5.16. The summed E-state index contributed by atoms with van der Waals surface area (Å²) < 4.78 is 24.1. The summed E-state index contributed by atoms with van der Waals surface area (Å²) in [4.78, 5) is 2.33. The van der Waals surface area contributed by atoms with Crippen LogP contribution in [0.2, 0.25) is 0 Å². The first kappa shape index (κ1) is 37.4. The van der Waals surface area contributed by atoms with Gasteiger partial charge in [-0.2, -0.15) is 0 Å². The van der Waals surface area contributed by atoms with Crippen LogP contribution < -0.4 is 19.1 Å². The van der Waals surface area contributed by atoms with E-state index < -0.39 is 0 Å². The Labute approximate surface area is 369 Å². The number of anilines is 3. The molecule has 3 aromatic heterocycles. The molecule has 0 fully saturated rings. The van der Waals surface area contributed by atoms with Gasteiger partial charge < -0.3 is 32.8 Å². The van der Waals surface area contributed by atoms with Crippen LogP contribution in [-0.4, -0.2) is 35.0 Å². The minimum atomic E-state index is 0.825. The third kappa shape index (κ3) is 5.82. The predicted molar refractivity (Wildman–Crippen MR) is 264 cm³/mol. The number of fused-ring (bicyclic) bond motifs is 9. The molecule has 0 aliphatic heterocycles. The summed E-state index contributed by atoms with van der Waals surface area (Å²) in [6, 6.07) is 71.3. The molecule has 308 valence electrons. The molecule has 0 radical (unpaired) electrons. The lowest BCUT2D eigenvalue weighted by Gasteiger charge is -2.26. The lowest BCUT2D eigenvalue weighted by atomic mass is 10.1. The maximum absolute atomic E-state index is 5.69. The van der Waals surface area contributed by atoms with Crippen LogP contribution in [0.4, 0.5) is 17.1 Å². The second-order valence-corrected chi connectivity index (χ2v) is 16.1. The first-order valence-electron chi connectivity index (χ1n) is 21.4. The van der Waals surface area contributed by atoms with Gasteiger partial charge in [0.05, 0.1) is 54.4 Å². The van der Waals surface area contributed by atoms with Gasteiger partial charge >= 0.3 is 0 Å². The highest BCUT2D eigenvalue weighted by atomic mass is 16.5. The van der Waals surface area contributed by atoms with E-state index in [0.717, 1.165) is 84.5 Å². The Bertz CT molecular complexity index is 3340. The molecule has 12 rings (SSSR count). The maximum Gasteiger partial charge on any atom is 0.120 e. The third-order valence-electron chi connectivity index (χ3n) is 12.7. The summed E-state index contributed by atoms with van der Waals surface area (Å²) in [5, 5.41) is 7.17. The van der Waals surface area contributed by atoms with E-state index in [2.05, 4.69) is 201 Å². The molecule has 0 saturated carbocycles. The van der Waals surface area contributed by atoms with Gasteiger partial charge in [0, 0.05) is 84.6 Å². The standard InChI is InChI=1S/C57H42N4O3/c1-62-43-28-31-49-46-10-4-7-13-52(46)59(55(49)34-43)40-22-16-37(17-23-40)58(38-18-24-41(25-19-38)60-53-14-8-5-11-47(53)50-32-29-44(63-2)35-56(50)60)39-20-26-42(27-21-39)61-54-15-9-6-12-48(54)51-33-30-45(64-3)36-57(51)61/h4-36H,1-3H3. The molecule has 0 unspecified atom stereocenters. The molecule has 0 atom stereocenters. The summed E-state index contributed by atoms with van der Waals surface area (Å²) in [6.45, 7) is 0. The highest BCUT2D eigenvalue weighted by Gasteiger charge is 2.19. The Hall–Kier alpha value is -8.42. The van der Waals surface area contributed by atoms with E-state index in [9.17, 15) is 0 Å². The molecule has 9 aromatic carbocycles. The molecular formula is C57H42N4O3. The Morgan fingerprint density at radius 3 is 0.828 bits per heavy atom. The summed E-state index contributed by atoms with van der Waals surface area (Å²) in [6.07, 6.45) is 0. The van der Waals surface area contributed by atoms with E-state index in [-0.39, 0.29) is 0 Å². The Morgan fingerprint density at radius 2 is 0.547 bits per heavy atom. The number of aromatic nitrogens is 3. The number of ether oxygens (including phenoxy) is 3. The fourth-order valence-electron chi connectivity index (χ4n) is 9.77. The lowest BCUT2D eigenvalue weighted by molar-refractivity contribution is 0.415. The number of rotatable bonds is 9. The van der Waals surface area contributed by atoms with Gasteiger partial charge in [0.15, 0.2) is 0 Å². The van der Waals surface area contributed by atoms with Crippen molar-refractivity contribution in [2.75, 3.05) is 26.2 Å². The van der Waals surface area contributed by atoms with Gasteiger partial charge in [-0.25, -0.2) is 0 Å². The van der Waals surface area contributed by atoms with E-state index in [0.29, 0.717) is 0 Å². The van der Waals surface area contributed by atoms with E-state index in [1.54, 1.807) is 21.3 Å². The number of benzene rings is 9. The van der Waals surface area contributed by atoms with Crippen molar-refractivity contribution in [1.29, 1.82) is 0 Å². The molecule has 0 aliphatic carbocycles. The van der Waals surface area contributed by atoms with Crippen LogP contribution in [0.1, 0.15) is 0 Å². The Kier molecular flexibility index (Phi) is 8.69. The van der Waals surface area contributed by atoms with Crippen LogP contribution in [0.5, 0.6) is 17.2 Å².